The highest BCUT2D eigenvalue weighted by atomic mass is 16.4. The van der Waals surface area contributed by atoms with Crippen LogP contribution in [-0.4, -0.2) is 43.8 Å². The normalized spacial score (nSPS) is 16.0. The van der Waals surface area contributed by atoms with Crippen LogP contribution in [0, 0.1) is 27.7 Å². The Morgan fingerprint density at radius 1 is 0.679 bits per heavy atom. The van der Waals surface area contributed by atoms with E-state index in [0.29, 0.717) is 11.1 Å². The van der Waals surface area contributed by atoms with Crippen LogP contribution < -0.4 is 0 Å². The summed E-state index contributed by atoms with van der Waals surface area (Å²) in [6, 6.07) is 11.1. The third-order valence-corrected chi connectivity index (χ3v) is 4.71. The molecule has 0 amide bonds. The summed E-state index contributed by atoms with van der Waals surface area (Å²) in [4.78, 5) is 0. The molecule has 5 nitrogen and oxygen atoms in total. The van der Waals surface area contributed by atoms with E-state index in [1.807, 2.05) is 52.0 Å². The van der Waals surface area contributed by atoms with Gasteiger partial charge in [-0.25, -0.2) is 0 Å². The maximum atomic E-state index is 10.2. The Bertz CT molecular complexity index is 824. The summed E-state index contributed by atoms with van der Waals surface area (Å²) in [6.07, 6.45) is -2.65. The SMILES string of the molecule is Cc1ccc(C=C(O)[C@@H](O)C(O)[C@@H](O)C(O)=Cc2ccc(C)cc2C)c(C)c1. The van der Waals surface area contributed by atoms with Gasteiger partial charge < -0.3 is 25.5 Å². The van der Waals surface area contributed by atoms with Crippen molar-refractivity contribution in [3.63, 3.8) is 0 Å². The van der Waals surface area contributed by atoms with Crippen LogP contribution in [0.3, 0.4) is 0 Å². The highest BCUT2D eigenvalue weighted by Crippen LogP contribution is 2.20. The Balaban J connectivity index is 2.19. The second-order valence-corrected chi connectivity index (χ2v) is 7.24. The molecule has 2 aromatic carbocycles. The average Bonchev–Trinajstić information content (AvgIpc) is 2.64. The molecule has 0 radical (unpaired) electrons. The Labute approximate surface area is 165 Å². The van der Waals surface area contributed by atoms with Crippen molar-refractivity contribution < 1.29 is 25.5 Å². The zero-order valence-electron chi connectivity index (χ0n) is 16.6. The number of aryl methyl sites for hydroxylation is 4. The summed E-state index contributed by atoms with van der Waals surface area (Å²) in [6.45, 7) is 7.62. The van der Waals surface area contributed by atoms with Crippen LogP contribution in [0.5, 0.6) is 0 Å². The Hall–Kier alpha value is -2.60. The van der Waals surface area contributed by atoms with Gasteiger partial charge in [0.1, 0.15) is 29.8 Å². The van der Waals surface area contributed by atoms with Gasteiger partial charge in [-0.1, -0.05) is 47.5 Å². The fourth-order valence-electron chi connectivity index (χ4n) is 2.99. The van der Waals surface area contributed by atoms with E-state index in [9.17, 15) is 25.5 Å². The molecule has 0 bridgehead atoms. The number of hydrogen-bond acceptors (Lipinski definition) is 5. The first-order chi connectivity index (χ1) is 13.1. The van der Waals surface area contributed by atoms with Crippen molar-refractivity contribution >= 4 is 12.2 Å². The molecule has 150 valence electrons. The van der Waals surface area contributed by atoms with Crippen molar-refractivity contribution in [2.75, 3.05) is 0 Å². The van der Waals surface area contributed by atoms with E-state index < -0.39 is 29.8 Å². The van der Waals surface area contributed by atoms with Gasteiger partial charge in [-0.15, -0.1) is 0 Å². The summed E-state index contributed by atoms with van der Waals surface area (Å²) in [5.74, 6) is -1.00. The van der Waals surface area contributed by atoms with Gasteiger partial charge in [0.05, 0.1) is 0 Å². The maximum absolute atomic E-state index is 10.2. The predicted octanol–water partition coefficient (Wildman–Crippen LogP) is 3.50. The smallest absolute Gasteiger partial charge is 0.140 e. The lowest BCUT2D eigenvalue weighted by molar-refractivity contribution is -0.0540. The van der Waals surface area contributed by atoms with E-state index in [-0.39, 0.29) is 0 Å². The molecule has 0 aliphatic rings. The van der Waals surface area contributed by atoms with Crippen molar-refractivity contribution in [3.8, 4) is 0 Å². The fourth-order valence-corrected chi connectivity index (χ4v) is 2.99. The van der Waals surface area contributed by atoms with E-state index in [2.05, 4.69) is 0 Å². The number of rotatable bonds is 6. The van der Waals surface area contributed by atoms with Crippen molar-refractivity contribution in [1.29, 1.82) is 0 Å². The largest absolute Gasteiger partial charge is 0.509 e. The monoisotopic (exact) mass is 384 g/mol. The van der Waals surface area contributed by atoms with E-state index in [1.54, 1.807) is 12.1 Å². The standard InChI is InChI=1S/C23H28O5/c1-13-5-7-17(15(3)9-13)11-19(24)21(26)23(28)22(27)20(25)12-18-8-6-14(2)10-16(18)4/h5-12,21-28H,1-4H3/t21-,22+,23?. The number of benzene rings is 2. The number of aliphatic hydroxyl groups excluding tert-OH is 5. The Kier molecular flexibility index (Phi) is 7.02. The Morgan fingerprint density at radius 2 is 1.04 bits per heavy atom. The highest BCUT2D eigenvalue weighted by molar-refractivity contribution is 5.58. The van der Waals surface area contributed by atoms with Gasteiger partial charge in [-0.3, -0.25) is 0 Å². The molecule has 3 atom stereocenters. The topological polar surface area (TPSA) is 101 Å². The minimum atomic E-state index is -1.80. The molecule has 0 saturated carbocycles. The van der Waals surface area contributed by atoms with Crippen LogP contribution in [0.4, 0.5) is 0 Å². The molecule has 0 aliphatic carbocycles. The van der Waals surface area contributed by atoms with Crippen molar-refractivity contribution in [1.82, 2.24) is 0 Å². The quantitative estimate of drug-likeness (QED) is 0.491. The fraction of sp³-hybridized carbons (Fsp3) is 0.304. The van der Waals surface area contributed by atoms with Gasteiger partial charge in [0.25, 0.3) is 0 Å². The average molecular weight is 384 g/mol. The second-order valence-electron chi connectivity index (χ2n) is 7.24. The molecule has 2 aromatic rings. The highest BCUT2D eigenvalue weighted by Gasteiger charge is 2.30. The van der Waals surface area contributed by atoms with Crippen LogP contribution >= 0.6 is 0 Å². The van der Waals surface area contributed by atoms with Crippen LogP contribution in [0.25, 0.3) is 12.2 Å². The summed E-state index contributed by atoms with van der Waals surface area (Å²) >= 11 is 0. The van der Waals surface area contributed by atoms with Crippen LogP contribution in [0.1, 0.15) is 33.4 Å². The van der Waals surface area contributed by atoms with Gasteiger partial charge in [0.2, 0.25) is 0 Å². The Morgan fingerprint density at radius 3 is 1.36 bits per heavy atom. The first-order valence-corrected chi connectivity index (χ1v) is 9.10. The molecule has 5 heteroatoms. The lowest BCUT2D eigenvalue weighted by Crippen LogP contribution is -2.39. The van der Waals surface area contributed by atoms with Gasteiger partial charge in [-0.2, -0.15) is 0 Å². The molecule has 0 fully saturated rings. The van der Waals surface area contributed by atoms with Crippen LogP contribution in [0.15, 0.2) is 47.9 Å². The lowest BCUT2D eigenvalue weighted by Gasteiger charge is -2.22. The minimum absolute atomic E-state index is 0.502. The molecule has 28 heavy (non-hydrogen) atoms. The third kappa shape index (κ3) is 5.23. The molecule has 5 N–H and O–H groups in total. The van der Waals surface area contributed by atoms with Crippen LogP contribution in [0.2, 0.25) is 0 Å². The lowest BCUT2D eigenvalue weighted by atomic mass is 9.99. The zero-order chi connectivity index (χ0) is 21.0. The van der Waals surface area contributed by atoms with E-state index >= 15 is 0 Å². The molecular weight excluding hydrogens is 356 g/mol. The third-order valence-electron chi connectivity index (χ3n) is 4.71. The van der Waals surface area contributed by atoms with E-state index in [4.69, 9.17) is 0 Å². The summed E-state index contributed by atoms with van der Waals surface area (Å²) in [7, 11) is 0. The molecule has 0 aromatic heterocycles. The molecular formula is C23H28O5. The van der Waals surface area contributed by atoms with Gasteiger partial charge >= 0.3 is 0 Å². The minimum Gasteiger partial charge on any atom is -0.509 e. The molecule has 1 unspecified atom stereocenters. The molecule has 0 heterocycles. The summed E-state index contributed by atoms with van der Waals surface area (Å²) < 4.78 is 0. The van der Waals surface area contributed by atoms with Crippen molar-refractivity contribution in [2.24, 2.45) is 0 Å². The maximum Gasteiger partial charge on any atom is 0.140 e. The summed E-state index contributed by atoms with van der Waals surface area (Å²) in [5.41, 5.74) is 5.27. The van der Waals surface area contributed by atoms with Crippen molar-refractivity contribution in [2.45, 2.75) is 46.0 Å². The van der Waals surface area contributed by atoms with E-state index in [1.165, 1.54) is 12.2 Å². The van der Waals surface area contributed by atoms with Gasteiger partial charge in [-0.05, 0) is 62.1 Å². The summed E-state index contributed by atoms with van der Waals surface area (Å²) in [5, 5.41) is 51.0. The van der Waals surface area contributed by atoms with Crippen molar-refractivity contribution in [3.05, 3.63) is 81.3 Å². The van der Waals surface area contributed by atoms with E-state index in [0.717, 1.165) is 22.3 Å². The first-order valence-electron chi connectivity index (χ1n) is 9.10. The first kappa shape index (κ1) is 21.7. The second kappa shape index (κ2) is 9.06. The molecule has 0 saturated heterocycles. The van der Waals surface area contributed by atoms with Gasteiger partial charge in [0.15, 0.2) is 0 Å². The van der Waals surface area contributed by atoms with Crippen LogP contribution in [-0.2, 0) is 0 Å². The number of aliphatic hydroxyl groups is 5. The molecule has 0 spiro atoms. The molecule has 2 rings (SSSR count). The number of hydrogen-bond donors (Lipinski definition) is 5. The zero-order valence-corrected chi connectivity index (χ0v) is 16.6. The van der Waals surface area contributed by atoms with Gasteiger partial charge in [0, 0.05) is 0 Å². The molecule has 0 aliphatic heterocycles. The predicted molar refractivity (Wildman–Crippen MR) is 111 cm³/mol.